The van der Waals surface area contributed by atoms with Crippen LogP contribution >= 0.6 is 0 Å². The second kappa shape index (κ2) is 11.7. The third kappa shape index (κ3) is 5.28. The fourth-order valence-corrected chi connectivity index (χ4v) is 8.12. The number of carbonyl (C=O) groups is 3. The molecular formula is C33H46N4O5. The summed E-state index contributed by atoms with van der Waals surface area (Å²) >= 11 is 0. The molecule has 3 amide bonds. The molecule has 42 heavy (non-hydrogen) atoms. The highest BCUT2D eigenvalue weighted by Crippen LogP contribution is 2.55. The number of benzene rings is 1. The minimum Gasteiger partial charge on any atom is -0.379 e. The summed E-state index contributed by atoms with van der Waals surface area (Å²) in [6, 6.07) is 5.18. The molecule has 9 nitrogen and oxygen atoms in total. The zero-order valence-electron chi connectivity index (χ0n) is 25.4. The van der Waals surface area contributed by atoms with Gasteiger partial charge in [-0.05, 0) is 61.8 Å². The molecule has 2 bridgehead atoms. The van der Waals surface area contributed by atoms with Gasteiger partial charge in [-0.3, -0.25) is 19.3 Å². The molecule has 0 aromatic heterocycles. The number of morpholine rings is 1. The molecule has 6 unspecified atom stereocenters. The average molecular weight is 579 g/mol. The highest BCUT2D eigenvalue weighted by atomic mass is 16.5. The zero-order valence-corrected chi connectivity index (χ0v) is 25.4. The SMILES string of the molecule is Cc1cc(C)cc(NC(=O)C2[C@@H]3C=CC4(O3)C(C(=O)NC3CCCC(C)C3C)N(CCCN3CCOCC3)C(=O)[C@H]24)c1. The predicted molar refractivity (Wildman–Crippen MR) is 160 cm³/mol. The zero-order chi connectivity index (χ0) is 29.6. The van der Waals surface area contributed by atoms with E-state index in [1.165, 1.54) is 6.42 Å². The molecule has 2 N–H and O–H groups in total. The molecular weight excluding hydrogens is 532 g/mol. The van der Waals surface area contributed by atoms with Gasteiger partial charge in [0.15, 0.2) is 0 Å². The number of hydrogen-bond acceptors (Lipinski definition) is 6. The summed E-state index contributed by atoms with van der Waals surface area (Å²) in [7, 11) is 0. The van der Waals surface area contributed by atoms with E-state index in [1.807, 2.05) is 38.1 Å². The molecule has 6 rings (SSSR count). The van der Waals surface area contributed by atoms with Gasteiger partial charge >= 0.3 is 0 Å². The van der Waals surface area contributed by atoms with Crippen LogP contribution in [0, 0.1) is 37.5 Å². The van der Waals surface area contributed by atoms with Crippen molar-refractivity contribution in [3.8, 4) is 0 Å². The minimum absolute atomic E-state index is 0.0632. The van der Waals surface area contributed by atoms with E-state index < -0.39 is 29.6 Å². The van der Waals surface area contributed by atoms with E-state index in [4.69, 9.17) is 9.47 Å². The molecule has 3 saturated heterocycles. The topological polar surface area (TPSA) is 100 Å². The normalized spacial score (nSPS) is 35.9. The molecule has 9 heteroatoms. The molecule has 1 saturated carbocycles. The van der Waals surface area contributed by atoms with Crippen LogP contribution < -0.4 is 10.6 Å². The fraction of sp³-hybridized carbons (Fsp3) is 0.667. The molecule has 228 valence electrons. The number of carbonyl (C=O) groups excluding carboxylic acids is 3. The second-order valence-corrected chi connectivity index (χ2v) is 13.3. The van der Waals surface area contributed by atoms with Crippen molar-refractivity contribution in [1.82, 2.24) is 15.1 Å². The molecule has 4 heterocycles. The van der Waals surface area contributed by atoms with E-state index in [-0.39, 0.29) is 23.8 Å². The van der Waals surface area contributed by atoms with Crippen molar-refractivity contribution in [3.63, 3.8) is 0 Å². The lowest BCUT2D eigenvalue weighted by Gasteiger charge is -2.38. The maximum atomic E-state index is 14.3. The number of hydrogen-bond donors (Lipinski definition) is 2. The van der Waals surface area contributed by atoms with Gasteiger partial charge in [-0.2, -0.15) is 0 Å². The van der Waals surface area contributed by atoms with Crippen molar-refractivity contribution >= 4 is 23.4 Å². The van der Waals surface area contributed by atoms with Gasteiger partial charge in [0.05, 0.1) is 31.2 Å². The molecule has 1 aromatic rings. The third-order valence-corrected chi connectivity index (χ3v) is 10.4. The van der Waals surface area contributed by atoms with Crippen LogP contribution in [0.4, 0.5) is 5.69 Å². The number of ether oxygens (including phenoxy) is 2. The molecule has 1 aliphatic carbocycles. The average Bonchev–Trinajstić information content (AvgIpc) is 3.59. The number of rotatable bonds is 8. The molecule has 1 aromatic carbocycles. The van der Waals surface area contributed by atoms with E-state index in [2.05, 4.69) is 35.4 Å². The van der Waals surface area contributed by atoms with Gasteiger partial charge < -0.3 is 25.0 Å². The van der Waals surface area contributed by atoms with Crippen molar-refractivity contribution < 1.29 is 23.9 Å². The van der Waals surface area contributed by atoms with Crippen LogP contribution in [0.15, 0.2) is 30.4 Å². The number of fused-ring (bicyclic) bond motifs is 1. The maximum absolute atomic E-state index is 14.3. The third-order valence-electron chi connectivity index (χ3n) is 10.4. The summed E-state index contributed by atoms with van der Waals surface area (Å²) in [4.78, 5) is 46.3. The lowest BCUT2D eigenvalue weighted by molar-refractivity contribution is -0.141. The Morgan fingerprint density at radius 3 is 2.50 bits per heavy atom. The Morgan fingerprint density at radius 2 is 1.76 bits per heavy atom. The number of likely N-dealkylation sites (tertiary alicyclic amines) is 1. The summed E-state index contributed by atoms with van der Waals surface area (Å²) in [6.07, 6.45) is 7.17. The van der Waals surface area contributed by atoms with Gasteiger partial charge in [0.25, 0.3) is 0 Å². The van der Waals surface area contributed by atoms with Gasteiger partial charge in [-0.25, -0.2) is 0 Å². The Hall–Kier alpha value is -2.75. The molecule has 4 aliphatic heterocycles. The summed E-state index contributed by atoms with van der Waals surface area (Å²) in [5, 5.41) is 6.40. The van der Waals surface area contributed by atoms with E-state index in [0.717, 1.165) is 50.0 Å². The Bertz CT molecular complexity index is 1220. The number of anilines is 1. The van der Waals surface area contributed by atoms with Gasteiger partial charge in [0.1, 0.15) is 11.6 Å². The molecule has 5 aliphatic rings. The largest absolute Gasteiger partial charge is 0.379 e. The van der Waals surface area contributed by atoms with Crippen LogP contribution in [0.3, 0.4) is 0 Å². The van der Waals surface area contributed by atoms with Crippen molar-refractivity contribution in [2.45, 2.75) is 77.2 Å². The van der Waals surface area contributed by atoms with Crippen LogP contribution in [-0.4, -0.2) is 90.7 Å². The van der Waals surface area contributed by atoms with Crippen molar-refractivity contribution in [2.75, 3.05) is 44.7 Å². The van der Waals surface area contributed by atoms with Crippen LogP contribution in [0.2, 0.25) is 0 Å². The Morgan fingerprint density at radius 1 is 1.02 bits per heavy atom. The van der Waals surface area contributed by atoms with Gasteiger partial charge in [0.2, 0.25) is 17.7 Å². The van der Waals surface area contributed by atoms with Crippen molar-refractivity contribution in [2.24, 2.45) is 23.7 Å². The van der Waals surface area contributed by atoms with Crippen LogP contribution in [0.5, 0.6) is 0 Å². The smallest absolute Gasteiger partial charge is 0.246 e. The Labute approximate surface area is 249 Å². The summed E-state index contributed by atoms with van der Waals surface area (Å²) in [5.41, 5.74) is 1.68. The number of nitrogens with zero attached hydrogens (tertiary/aromatic N) is 2. The number of aryl methyl sites for hydroxylation is 2. The number of nitrogens with one attached hydrogen (secondary N) is 2. The van der Waals surface area contributed by atoms with Gasteiger partial charge in [0, 0.05) is 37.9 Å². The standard InChI is InChI=1S/C33H46N4O5/c1-20-17-21(2)19-24(18-20)34-30(38)27-26-9-10-33(42-26)28(27)32(40)37(12-6-11-36-13-15-41-16-14-36)29(33)31(39)35-25-8-5-7-22(3)23(25)4/h9-10,17-19,22-23,25-29H,5-8,11-16H2,1-4H3,(H,34,38)(H,35,39)/t22?,23?,25?,26-,27?,28-,29?,33?/m0/s1. The Kier molecular flexibility index (Phi) is 8.19. The first kappa shape index (κ1) is 29.3. The molecule has 1 spiro atoms. The first-order valence-corrected chi connectivity index (χ1v) is 15.9. The summed E-state index contributed by atoms with van der Waals surface area (Å²) in [5.74, 6) is -1.11. The van der Waals surface area contributed by atoms with Crippen LogP contribution in [0.1, 0.15) is 50.7 Å². The van der Waals surface area contributed by atoms with Crippen LogP contribution in [-0.2, 0) is 23.9 Å². The molecule has 0 radical (unpaired) electrons. The fourth-order valence-electron chi connectivity index (χ4n) is 8.12. The lowest BCUT2D eigenvalue weighted by atomic mass is 9.73. The molecule has 4 fully saturated rings. The van der Waals surface area contributed by atoms with E-state index in [0.29, 0.717) is 37.3 Å². The first-order valence-electron chi connectivity index (χ1n) is 15.9. The van der Waals surface area contributed by atoms with E-state index >= 15 is 0 Å². The first-order chi connectivity index (χ1) is 20.2. The van der Waals surface area contributed by atoms with E-state index in [1.54, 1.807) is 4.90 Å². The Balaban J connectivity index is 1.25. The summed E-state index contributed by atoms with van der Waals surface area (Å²) < 4.78 is 12.0. The van der Waals surface area contributed by atoms with E-state index in [9.17, 15) is 14.4 Å². The minimum atomic E-state index is -1.14. The predicted octanol–water partition coefficient (Wildman–Crippen LogP) is 3.06. The lowest BCUT2D eigenvalue weighted by Crippen LogP contribution is -2.58. The molecule has 8 atom stereocenters. The van der Waals surface area contributed by atoms with Gasteiger partial charge in [-0.15, -0.1) is 0 Å². The quantitative estimate of drug-likeness (QED) is 0.460. The van der Waals surface area contributed by atoms with Crippen molar-refractivity contribution in [3.05, 3.63) is 41.5 Å². The maximum Gasteiger partial charge on any atom is 0.246 e. The number of amides is 3. The van der Waals surface area contributed by atoms with Crippen molar-refractivity contribution in [1.29, 1.82) is 0 Å². The second-order valence-electron chi connectivity index (χ2n) is 13.3. The van der Waals surface area contributed by atoms with Crippen LogP contribution in [0.25, 0.3) is 0 Å². The monoisotopic (exact) mass is 578 g/mol. The highest BCUT2D eigenvalue weighted by molar-refractivity contribution is 6.02. The summed E-state index contributed by atoms with van der Waals surface area (Å²) in [6.45, 7) is 12.9. The highest BCUT2D eigenvalue weighted by Gasteiger charge is 2.72. The van der Waals surface area contributed by atoms with Gasteiger partial charge in [-0.1, -0.05) is 44.9 Å².